The molecule has 0 bridgehead atoms. The molecule has 0 atom stereocenters. The van der Waals surface area contributed by atoms with Gasteiger partial charge in [0.05, 0.1) is 5.52 Å². The second-order valence-electron chi connectivity index (χ2n) is 4.26. The minimum atomic E-state index is -1.18. The van der Waals surface area contributed by atoms with Crippen molar-refractivity contribution < 1.29 is 14.6 Å². The van der Waals surface area contributed by atoms with Crippen molar-refractivity contribution in [2.75, 3.05) is 0 Å². The van der Waals surface area contributed by atoms with E-state index >= 15 is 0 Å². The zero-order chi connectivity index (χ0) is 14.8. The Morgan fingerprint density at radius 1 is 1.10 bits per heavy atom. The summed E-state index contributed by atoms with van der Waals surface area (Å²) in [7, 11) is 0. The summed E-state index contributed by atoms with van der Waals surface area (Å²) in [4.78, 5) is 11.3. The largest absolute Gasteiger partial charge is 0.476 e. The molecule has 3 rings (SSSR count). The predicted octanol–water partition coefficient (Wildman–Crippen LogP) is 3.88. The first-order valence-electron chi connectivity index (χ1n) is 6.07. The zero-order valence-electron chi connectivity index (χ0n) is 10.7. The van der Waals surface area contributed by atoms with E-state index in [1.165, 1.54) is 0 Å². The van der Waals surface area contributed by atoms with Gasteiger partial charge in [-0.2, -0.15) is 0 Å². The molecule has 2 aromatic carbocycles. The minimum Gasteiger partial charge on any atom is -0.476 e. The number of hydrogen-bond donors (Lipinski definition) is 1. The first kappa shape index (κ1) is 13.5. The van der Waals surface area contributed by atoms with Crippen molar-refractivity contribution >= 4 is 32.8 Å². The molecule has 1 heterocycles. The predicted molar refractivity (Wildman–Crippen MR) is 80.7 cm³/mol. The number of ether oxygens (including phenoxy) is 1. The van der Waals surface area contributed by atoms with Crippen molar-refractivity contribution in [2.24, 2.45) is 0 Å². The van der Waals surface area contributed by atoms with Gasteiger partial charge in [-0.3, -0.25) is 0 Å². The van der Waals surface area contributed by atoms with E-state index in [-0.39, 0.29) is 11.4 Å². The fourth-order valence-electron chi connectivity index (χ4n) is 1.92. The third-order valence-electron chi connectivity index (χ3n) is 2.84. The average Bonchev–Trinajstić information content (AvgIpc) is 2.47. The minimum absolute atomic E-state index is 0.186. The smallest absolute Gasteiger partial charge is 0.360 e. The topological polar surface area (TPSA) is 72.3 Å². The Bertz CT molecular complexity index is 836. The Hall–Kier alpha value is -2.47. The van der Waals surface area contributed by atoms with E-state index in [4.69, 9.17) is 4.74 Å². The summed E-state index contributed by atoms with van der Waals surface area (Å²) in [5, 5.41) is 17.5. The highest BCUT2D eigenvalue weighted by Crippen LogP contribution is 2.32. The van der Waals surface area contributed by atoms with Crippen molar-refractivity contribution in [3.8, 4) is 11.5 Å². The van der Waals surface area contributed by atoms with Crippen LogP contribution in [0.15, 0.2) is 53.0 Å². The SMILES string of the molecule is O=C(O)c1nnc2ccccc2c1Oc1cccc(Br)c1. The van der Waals surface area contributed by atoms with Gasteiger partial charge in [0, 0.05) is 9.86 Å². The normalized spacial score (nSPS) is 10.5. The molecule has 5 nitrogen and oxygen atoms in total. The summed E-state index contributed by atoms with van der Waals surface area (Å²) < 4.78 is 6.59. The van der Waals surface area contributed by atoms with Crippen LogP contribution in [0.5, 0.6) is 11.5 Å². The van der Waals surface area contributed by atoms with Crippen LogP contribution in [0.3, 0.4) is 0 Å². The Morgan fingerprint density at radius 3 is 2.67 bits per heavy atom. The van der Waals surface area contributed by atoms with Gasteiger partial charge >= 0.3 is 5.97 Å². The van der Waals surface area contributed by atoms with Crippen LogP contribution in [-0.4, -0.2) is 21.3 Å². The maximum absolute atomic E-state index is 11.3. The summed E-state index contributed by atoms with van der Waals surface area (Å²) in [5.41, 5.74) is 0.362. The summed E-state index contributed by atoms with van der Waals surface area (Å²) in [6, 6.07) is 14.3. The molecule has 0 aliphatic heterocycles. The lowest BCUT2D eigenvalue weighted by Gasteiger charge is -2.10. The number of carboxylic acids is 1. The van der Waals surface area contributed by atoms with Crippen LogP contribution >= 0.6 is 15.9 Å². The van der Waals surface area contributed by atoms with Gasteiger partial charge in [0.15, 0.2) is 5.75 Å². The van der Waals surface area contributed by atoms with Crippen LogP contribution in [0.1, 0.15) is 10.5 Å². The molecule has 3 aromatic rings. The second kappa shape index (κ2) is 5.49. The highest BCUT2D eigenvalue weighted by molar-refractivity contribution is 9.10. The molecule has 0 spiro atoms. The number of aromatic carboxylic acids is 1. The van der Waals surface area contributed by atoms with Crippen molar-refractivity contribution in [1.29, 1.82) is 0 Å². The standard InChI is InChI=1S/C15H9BrN2O3/c16-9-4-3-5-10(8-9)21-14-11-6-1-2-7-12(11)17-18-13(14)15(19)20/h1-8H,(H,19,20). The lowest BCUT2D eigenvalue weighted by molar-refractivity contribution is 0.0686. The van der Waals surface area contributed by atoms with Gasteiger partial charge in [0.2, 0.25) is 5.69 Å². The van der Waals surface area contributed by atoms with Crippen molar-refractivity contribution in [3.05, 3.63) is 58.7 Å². The molecule has 21 heavy (non-hydrogen) atoms. The summed E-state index contributed by atoms with van der Waals surface area (Å²) in [5.74, 6) is -0.477. The van der Waals surface area contributed by atoms with Crippen LogP contribution in [0, 0.1) is 0 Å². The van der Waals surface area contributed by atoms with Crippen LogP contribution in [0.25, 0.3) is 10.9 Å². The van der Waals surface area contributed by atoms with Gasteiger partial charge in [-0.05, 0) is 30.3 Å². The van der Waals surface area contributed by atoms with E-state index in [0.717, 1.165) is 4.47 Å². The number of benzene rings is 2. The molecular formula is C15H9BrN2O3. The van der Waals surface area contributed by atoms with E-state index in [9.17, 15) is 9.90 Å². The van der Waals surface area contributed by atoms with Gasteiger partial charge < -0.3 is 9.84 Å². The third-order valence-corrected chi connectivity index (χ3v) is 3.33. The van der Waals surface area contributed by atoms with E-state index < -0.39 is 5.97 Å². The van der Waals surface area contributed by atoms with E-state index in [1.807, 2.05) is 6.07 Å². The molecule has 104 valence electrons. The monoisotopic (exact) mass is 344 g/mol. The molecule has 0 fully saturated rings. The lowest BCUT2D eigenvalue weighted by atomic mass is 10.2. The fraction of sp³-hybridized carbons (Fsp3) is 0. The Kier molecular flexibility index (Phi) is 3.53. The quantitative estimate of drug-likeness (QED) is 0.780. The summed E-state index contributed by atoms with van der Waals surface area (Å²) in [6.07, 6.45) is 0. The third kappa shape index (κ3) is 2.71. The van der Waals surface area contributed by atoms with Crippen LogP contribution in [0.4, 0.5) is 0 Å². The molecule has 0 unspecified atom stereocenters. The Balaban J connectivity index is 2.18. The number of aromatic nitrogens is 2. The first-order chi connectivity index (χ1) is 10.1. The molecular weight excluding hydrogens is 336 g/mol. The molecule has 1 N–H and O–H groups in total. The number of fused-ring (bicyclic) bond motifs is 1. The van der Waals surface area contributed by atoms with E-state index in [0.29, 0.717) is 16.7 Å². The van der Waals surface area contributed by atoms with Crippen molar-refractivity contribution in [3.63, 3.8) is 0 Å². The Labute approximate surface area is 128 Å². The maximum atomic E-state index is 11.3. The molecule has 6 heteroatoms. The Morgan fingerprint density at radius 2 is 1.90 bits per heavy atom. The number of carboxylic acid groups (broad SMARTS) is 1. The van der Waals surface area contributed by atoms with Gasteiger partial charge in [-0.25, -0.2) is 4.79 Å². The van der Waals surface area contributed by atoms with Gasteiger partial charge in [-0.1, -0.05) is 34.1 Å². The molecule has 0 radical (unpaired) electrons. The zero-order valence-corrected chi connectivity index (χ0v) is 12.2. The van der Waals surface area contributed by atoms with Gasteiger partial charge in [-0.15, -0.1) is 10.2 Å². The summed E-state index contributed by atoms with van der Waals surface area (Å²) in [6.45, 7) is 0. The average molecular weight is 345 g/mol. The molecule has 1 aromatic heterocycles. The molecule has 0 amide bonds. The van der Waals surface area contributed by atoms with E-state index in [1.54, 1.807) is 42.5 Å². The van der Waals surface area contributed by atoms with Crippen LogP contribution in [-0.2, 0) is 0 Å². The van der Waals surface area contributed by atoms with Crippen molar-refractivity contribution in [2.45, 2.75) is 0 Å². The molecule has 0 saturated carbocycles. The highest BCUT2D eigenvalue weighted by Gasteiger charge is 2.18. The molecule has 0 aliphatic rings. The molecule has 0 aliphatic carbocycles. The first-order valence-corrected chi connectivity index (χ1v) is 6.86. The highest BCUT2D eigenvalue weighted by atomic mass is 79.9. The lowest BCUT2D eigenvalue weighted by Crippen LogP contribution is -2.05. The van der Waals surface area contributed by atoms with Gasteiger partial charge in [0.1, 0.15) is 5.75 Å². The van der Waals surface area contributed by atoms with Crippen LogP contribution in [0.2, 0.25) is 0 Å². The fourth-order valence-corrected chi connectivity index (χ4v) is 2.30. The van der Waals surface area contributed by atoms with Gasteiger partial charge in [0.25, 0.3) is 0 Å². The number of carbonyl (C=O) groups is 1. The number of hydrogen-bond acceptors (Lipinski definition) is 4. The number of nitrogens with zero attached hydrogens (tertiary/aromatic N) is 2. The van der Waals surface area contributed by atoms with E-state index in [2.05, 4.69) is 26.1 Å². The summed E-state index contributed by atoms with van der Waals surface area (Å²) >= 11 is 3.35. The number of halogens is 1. The maximum Gasteiger partial charge on any atom is 0.360 e. The second-order valence-corrected chi connectivity index (χ2v) is 5.18. The molecule has 0 saturated heterocycles. The number of rotatable bonds is 3. The van der Waals surface area contributed by atoms with Crippen molar-refractivity contribution in [1.82, 2.24) is 10.2 Å². The van der Waals surface area contributed by atoms with Crippen LogP contribution < -0.4 is 4.74 Å².